The molecular weight excluding hydrogens is 434 g/mol. The van der Waals surface area contributed by atoms with Gasteiger partial charge in [-0.1, -0.05) is 0 Å². The van der Waals surface area contributed by atoms with Crippen LogP contribution >= 0.6 is 45.2 Å². The first-order valence-corrected chi connectivity index (χ1v) is 5.92. The molecule has 0 fully saturated rings. The number of carboxylic acids is 1. The lowest BCUT2D eigenvalue weighted by atomic mass is 10.1. The molecule has 0 radical (unpaired) electrons. The lowest BCUT2D eigenvalue weighted by molar-refractivity contribution is -0.136. The van der Waals surface area contributed by atoms with Crippen LogP contribution in [0.5, 0.6) is 0 Å². The minimum atomic E-state index is -2.70. The zero-order valence-corrected chi connectivity index (χ0v) is 11.5. The summed E-state index contributed by atoms with van der Waals surface area (Å²) in [4.78, 5) is 14.3. The molecule has 0 aliphatic carbocycles. The van der Waals surface area contributed by atoms with Gasteiger partial charge in [0.2, 0.25) is 0 Å². The van der Waals surface area contributed by atoms with E-state index in [2.05, 4.69) is 4.98 Å². The van der Waals surface area contributed by atoms with Gasteiger partial charge in [-0.15, -0.1) is 0 Å². The summed E-state index contributed by atoms with van der Waals surface area (Å²) in [5.74, 6) is -1.16. The van der Waals surface area contributed by atoms with E-state index in [1.807, 2.05) is 22.6 Å². The molecule has 0 aliphatic heterocycles. The number of nitrogens with zero attached hydrogens (tertiary/aromatic N) is 1. The number of hydrogen-bond acceptors (Lipinski definition) is 2. The summed E-state index contributed by atoms with van der Waals surface area (Å²) in [5, 5.41) is 8.57. The fourth-order valence-electron chi connectivity index (χ4n) is 1.05. The van der Waals surface area contributed by atoms with Crippen molar-refractivity contribution in [2.45, 2.75) is 12.8 Å². The average molecular weight is 439 g/mol. The van der Waals surface area contributed by atoms with E-state index in [1.165, 1.54) is 6.07 Å². The second-order valence-corrected chi connectivity index (χ2v) is 4.93. The number of halogens is 4. The Hall–Kier alpha value is -0.0600. The SMILES string of the molecule is O=C(O)Cc1nc(I)cc(I)c1C(F)F. The molecular formula is C8H5F2I2NO2. The predicted octanol–water partition coefficient (Wildman–Crippen LogP) is 2.86. The molecule has 15 heavy (non-hydrogen) atoms. The molecule has 0 amide bonds. The summed E-state index contributed by atoms with van der Waals surface area (Å²) < 4.78 is 26.1. The quantitative estimate of drug-likeness (QED) is 0.583. The largest absolute Gasteiger partial charge is 0.481 e. The monoisotopic (exact) mass is 439 g/mol. The second-order valence-electron chi connectivity index (χ2n) is 2.66. The standard InChI is InChI=1S/C8H5F2I2NO2/c9-8(10)7-3(11)1-5(12)13-4(7)2-6(14)15/h1,8H,2H2,(H,14,15). The van der Waals surface area contributed by atoms with Crippen LogP contribution in [0, 0.1) is 7.27 Å². The molecule has 1 heterocycles. The Kier molecular flexibility index (Phi) is 4.62. The van der Waals surface area contributed by atoms with Gasteiger partial charge < -0.3 is 5.11 Å². The molecule has 0 unspecified atom stereocenters. The van der Waals surface area contributed by atoms with Gasteiger partial charge in [0.15, 0.2) is 0 Å². The van der Waals surface area contributed by atoms with Crippen molar-refractivity contribution >= 4 is 51.2 Å². The Labute approximate surface area is 112 Å². The third-order valence-corrected chi connectivity index (χ3v) is 3.04. The highest BCUT2D eigenvalue weighted by Crippen LogP contribution is 2.28. The molecule has 0 saturated carbocycles. The van der Waals surface area contributed by atoms with Gasteiger partial charge in [-0.3, -0.25) is 4.79 Å². The van der Waals surface area contributed by atoms with Crippen molar-refractivity contribution in [3.05, 3.63) is 24.6 Å². The van der Waals surface area contributed by atoms with Crippen molar-refractivity contribution in [1.29, 1.82) is 0 Å². The lowest BCUT2D eigenvalue weighted by Gasteiger charge is -2.09. The lowest BCUT2D eigenvalue weighted by Crippen LogP contribution is -2.09. The summed E-state index contributed by atoms with van der Waals surface area (Å²) in [7, 11) is 0. The predicted molar refractivity (Wildman–Crippen MR) is 66.0 cm³/mol. The van der Waals surface area contributed by atoms with Crippen LogP contribution < -0.4 is 0 Å². The highest BCUT2D eigenvalue weighted by Gasteiger charge is 2.20. The van der Waals surface area contributed by atoms with E-state index in [0.717, 1.165) is 0 Å². The van der Waals surface area contributed by atoms with Crippen LogP contribution in [-0.4, -0.2) is 16.1 Å². The van der Waals surface area contributed by atoms with E-state index in [9.17, 15) is 13.6 Å². The summed E-state index contributed by atoms with van der Waals surface area (Å²) in [6.07, 6.45) is -3.18. The van der Waals surface area contributed by atoms with Gasteiger partial charge in [-0.25, -0.2) is 13.8 Å². The van der Waals surface area contributed by atoms with Crippen molar-refractivity contribution in [1.82, 2.24) is 4.98 Å². The maximum Gasteiger partial charge on any atom is 0.309 e. The van der Waals surface area contributed by atoms with Crippen LogP contribution in [0.4, 0.5) is 8.78 Å². The maximum absolute atomic E-state index is 12.6. The molecule has 1 N–H and O–H groups in total. The average Bonchev–Trinajstić information content (AvgIpc) is 1.99. The van der Waals surface area contributed by atoms with Crippen molar-refractivity contribution in [2.75, 3.05) is 0 Å². The molecule has 7 heteroatoms. The first kappa shape index (κ1) is 13.0. The number of aromatic nitrogens is 1. The Morgan fingerprint density at radius 3 is 2.60 bits per heavy atom. The Bertz CT molecular complexity index is 398. The van der Waals surface area contributed by atoms with E-state index in [4.69, 9.17) is 5.11 Å². The van der Waals surface area contributed by atoms with Crippen LogP contribution in [0.1, 0.15) is 17.7 Å². The fraction of sp³-hybridized carbons (Fsp3) is 0.250. The highest BCUT2D eigenvalue weighted by atomic mass is 127. The highest BCUT2D eigenvalue weighted by molar-refractivity contribution is 14.1. The van der Waals surface area contributed by atoms with E-state index >= 15 is 0 Å². The molecule has 0 atom stereocenters. The zero-order valence-electron chi connectivity index (χ0n) is 7.18. The van der Waals surface area contributed by atoms with E-state index in [0.29, 0.717) is 7.27 Å². The summed E-state index contributed by atoms with van der Waals surface area (Å²) in [6.45, 7) is 0. The molecule has 1 aromatic rings. The van der Waals surface area contributed by atoms with E-state index < -0.39 is 18.8 Å². The molecule has 0 aliphatic rings. The molecule has 0 spiro atoms. The summed E-state index contributed by atoms with van der Waals surface area (Å²) in [6, 6.07) is 1.49. The van der Waals surface area contributed by atoms with Crippen LogP contribution in [0.2, 0.25) is 0 Å². The van der Waals surface area contributed by atoms with Gasteiger partial charge >= 0.3 is 5.97 Å². The molecule has 3 nitrogen and oxygen atoms in total. The van der Waals surface area contributed by atoms with E-state index in [-0.39, 0.29) is 11.3 Å². The zero-order chi connectivity index (χ0) is 11.6. The van der Waals surface area contributed by atoms with Crippen LogP contribution in [-0.2, 0) is 11.2 Å². The number of carbonyl (C=O) groups is 1. The Morgan fingerprint density at radius 2 is 2.13 bits per heavy atom. The Balaban J connectivity index is 3.26. The molecule has 1 aromatic heterocycles. The molecule has 1 rings (SSSR count). The molecule has 82 valence electrons. The van der Waals surface area contributed by atoms with Gasteiger partial charge in [-0.05, 0) is 51.2 Å². The minimum absolute atomic E-state index is 0.0613. The second kappa shape index (κ2) is 5.32. The van der Waals surface area contributed by atoms with Gasteiger partial charge in [0.1, 0.15) is 3.70 Å². The van der Waals surface area contributed by atoms with Crippen LogP contribution in [0.3, 0.4) is 0 Å². The maximum atomic E-state index is 12.6. The number of rotatable bonds is 3. The van der Waals surface area contributed by atoms with Crippen LogP contribution in [0.15, 0.2) is 6.07 Å². The third kappa shape index (κ3) is 3.47. The Morgan fingerprint density at radius 1 is 1.53 bits per heavy atom. The van der Waals surface area contributed by atoms with Gasteiger partial charge in [-0.2, -0.15) is 0 Å². The topological polar surface area (TPSA) is 50.2 Å². The number of alkyl halides is 2. The number of carboxylic acid groups (broad SMARTS) is 1. The van der Waals surface area contributed by atoms with Crippen molar-refractivity contribution in [3.8, 4) is 0 Å². The number of hydrogen-bond donors (Lipinski definition) is 1. The minimum Gasteiger partial charge on any atom is -0.481 e. The van der Waals surface area contributed by atoms with Crippen molar-refractivity contribution in [3.63, 3.8) is 0 Å². The van der Waals surface area contributed by atoms with Crippen LogP contribution in [0.25, 0.3) is 0 Å². The van der Waals surface area contributed by atoms with Gasteiger partial charge in [0, 0.05) is 3.57 Å². The normalized spacial score (nSPS) is 10.7. The first-order valence-electron chi connectivity index (χ1n) is 3.76. The van der Waals surface area contributed by atoms with Gasteiger partial charge in [0.25, 0.3) is 6.43 Å². The van der Waals surface area contributed by atoms with Crippen molar-refractivity contribution in [2.24, 2.45) is 0 Å². The number of pyridine rings is 1. The number of aliphatic carboxylic acids is 1. The first-order chi connectivity index (χ1) is 6.91. The third-order valence-electron chi connectivity index (χ3n) is 1.59. The summed E-state index contributed by atoms with van der Waals surface area (Å²) in [5.41, 5.74) is -0.341. The molecule has 0 aromatic carbocycles. The van der Waals surface area contributed by atoms with E-state index in [1.54, 1.807) is 22.6 Å². The fourth-order valence-corrected chi connectivity index (χ4v) is 3.09. The molecule has 0 bridgehead atoms. The smallest absolute Gasteiger partial charge is 0.309 e. The van der Waals surface area contributed by atoms with Crippen molar-refractivity contribution < 1.29 is 18.7 Å². The molecule has 0 saturated heterocycles. The summed E-state index contributed by atoms with van der Waals surface area (Å²) >= 11 is 3.62. The van der Waals surface area contributed by atoms with Gasteiger partial charge in [0.05, 0.1) is 17.7 Å².